The summed E-state index contributed by atoms with van der Waals surface area (Å²) >= 11 is 1.28. The van der Waals surface area contributed by atoms with Gasteiger partial charge in [0, 0.05) is 50.8 Å². The lowest BCUT2D eigenvalue weighted by atomic mass is 9.83. The Kier molecular flexibility index (Phi) is 17.1. The summed E-state index contributed by atoms with van der Waals surface area (Å²) in [5.41, 5.74) is 1.07. The minimum Gasteiger partial charge on any atom is -0.469 e. The molecule has 1 aromatic heterocycles. The van der Waals surface area contributed by atoms with Gasteiger partial charge < -0.3 is 19.7 Å². The van der Waals surface area contributed by atoms with Gasteiger partial charge in [-0.25, -0.2) is 4.98 Å². The summed E-state index contributed by atoms with van der Waals surface area (Å²) in [6, 6.07) is 8.20. The van der Waals surface area contributed by atoms with Gasteiger partial charge in [0.25, 0.3) is 5.91 Å². The van der Waals surface area contributed by atoms with Crippen molar-refractivity contribution in [1.82, 2.24) is 20.1 Å². The van der Waals surface area contributed by atoms with Crippen molar-refractivity contribution >= 4 is 40.7 Å². The predicted octanol–water partition coefficient (Wildman–Crippen LogP) is 5.92. The Morgan fingerprint density at radius 1 is 1.04 bits per heavy atom. The highest BCUT2D eigenvalue weighted by Gasteiger charge is 2.37. The molecule has 7 atom stereocenters. The Labute approximate surface area is 314 Å². The zero-order valence-electron chi connectivity index (χ0n) is 32.6. The first kappa shape index (κ1) is 42.9. The van der Waals surface area contributed by atoms with E-state index >= 15 is 0 Å². The molecule has 1 aliphatic heterocycles. The maximum Gasteiger partial charge on any atom is 0.309 e. The van der Waals surface area contributed by atoms with Crippen LogP contribution >= 0.6 is 11.3 Å². The van der Waals surface area contributed by atoms with Crippen LogP contribution in [0.4, 0.5) is 0 Å². The van der Waals surface area contributed by atoms with Gasteiger partial charge >= 0.3 is 5.97 Å². The molecule has 288 valence electrons. The number of ether oxygens (including phenoxy) is 2. The first-order valence-corrected chi connectivity index (χ1v) is 19.5. The predicted molar refractivity (Wildman–Crippen MR) is 203 cm³/mol. The number of benzene rings is 1. The molecule has 1 aromatic carbocycles. The molecule has 1 aliphatic rings. The monoisotopic (exact) mass is 740 g/mol. The van der Waals surface area contributed by atoms with Crippen LogP contribution in [-0.4, -0.2) is 97.1 Å². The van der Waals surface area contributed by atoms with Crippen LogP contribution in [0.3, 0.4) is 0 Å². The van der Waals surface area contributed by atoms with E-state index in [1.807, 2.05) is 44.4 Å². The van der Waals surface area contributed by atoms with Crippen molar-refractivity contribution in [3.63, 3.8) is 0 Å². The molecule has 2 aromatic rings. The molecule has 0 aliphatic carbocycles. The molecule has 0 bridgehead atoms. The molecule has 12 heteroatoms. The SMILES string of the molecule is CC[C@H](C)[C@H](CC(=O)[C@H]1CCCCN1C)C(=O)N(C)[C@H](C[C@@H](OC)c1nc(C(=O)N[C@@H](C)C(=O)C[C@@H](Cc2ccccc2)C(=O)OC)cs1)C(C)C. The van der Waals surface area contributed by atoms with Gasteiger partial charge in [-0.05, 0) is 57.2 Å². The average molecular weight is 741 g/mol. The summed E-state index contributed by atoms with van der Waals surface area (Å²) in [6.45, 7) is 10.7. The number of ketones is 2. The van der Waals surface area contributed by atoms with Crippen LogP contribution in [0.5, 0.6) is 0 Å². The van der Waals surface area contributed by atoms with Crippen LogP contribution in [0.1, 0.15) is 107 Å². The molecule has 52 heavy (non-hydrogen) atoms. The molecule has 0 spiro atoms. The van der Waals surface area contributed by atoms with Crippen LogP contribution in [0.2, 0.25) is 0 Å². The second-order valence-electron chi connectivity index (χ2n) is 14.7. The molecule has 3 rings (SSSR count). The number of carbonyl (C=O) groups excluding carboxylic acids is 5. The summed E-state index contributed by atoms with van der Waals surface area (Å²) in [4.78, 5) is 75.0. The Hall–Kier alpha value is -3.48. The molecule has 1 N–H and O–H groups in total. The number of Topliss-reactive ketones (excluding diaryl/α,β-unsaturated/α-hetero) is 2. The Morgan fingerprint density at radius 3 is 2.33 bits per heavy atom. The van der Waals surface area contributed by atoms with Crippen LogP contribution in [0, 0.1) is 23.7 Å². The molecule has 11 nitrogen and oxygen atoms in total. The summed E-state index contributed by atoms with van der Waals surface area (Å²) < 4.78 is 10.8. The number of nitrogens with zero attached hydrogens (tertiary/aromatic N) is 3. The summed E-state index contributed by atoms with van der Waals surface area (Å²) in [7, 11) is 6.69. The summed E-state index contributed by atoms with van der Waals surface area (Å²) in [5.74, 6) is -2.14. The van der Waals surface area contributed by atoms with Crippen molar-refractivity contribution in [1.29, 1.82) is 0 Å². The zero-order valence-corrected chi connectivity index (χ0v) is 33.4. The molecule has 1 fully saturated rings. The number of rotatable bonds is 20. The van der Waals surface area contributed by atoms with E-state index in [0.717, 1.165) is 37.8 Å². The van der Waals surface area contributed by atoms with E-state index in [4.69, 9.17) is 9.47 Å². The molecule has 0 radical (unpaired) electrons. The van der Waals surface area contributed by atoms with Gasteiger partial charge in [-0.3, -0.25) is 28.9 Å². The number of carbonyl (C=O) groups is 5. The maximum atomic E-state index is 14.2. The number of hydrogen-bond acceptors (Lipinski definition) is 10. The number of esters is 1. The molecule has 1 saturated heterocycles. The first-order valence-electron chi connectivity index (χ1n) is 18.6. The third-order valence-corrected chi connectivity index (χ3v) is 11.7. The van der Waals surface area contributed by atoms with Gasteiger partial charge in [-0.2, -0.15) is 0 Å². The van der Waals surface area contributed by atoms with Crippen molar-refractivity contribution in [2.24, 2.45) is 23.7 Å². The quantitative estimate of drug-likeness (QED) is 0.164. The summed E-state index contributed by atoms with van der Waals surface area (Å²) in [5, 5.41) is 4.95. The Bertz CT molecular complexity index is 1480. The largest absolute Gasteiger partial charge is 0.469 e. The van der Waals surface area contributed by atoms with Crippen molar-refractivity contribution in [3.05, 3.63) is 52.0 Å². The highest BCUT2D eigenvalue weighted by atomic mass is 32.1. The van der Waals surface area contributed by atoms with Gasteiger partial charge in [-0.15, -0.1) is 11.3 Å². The Morgan fingerprint density at radius 2 is 1.73 bits per heavy atom. The number of hydrogen-bond donors (Lipinski definition) is 1. The fourth-order valence-electron chi connectivity index (χ4n) is 7.09. The average Bonchev–Trinajstić information content (AvgIpc) is 3.63. The number of amides is 2. The van der Waals surface area contributed by atoms with Gasteiger partial charge in [0.15, 0.2) is 11.6 Å². The number of nitrogens with one attached hydrogen (secondary N) is 1. The number of likely N-dealkylation sites (tertiary alicyclic amines) is 1. The first-order chi connectivity index (χ1) is 24.7. The standard InChI is InChI=1S/C40H60N4O7S/c1-10-26(4)30(22-35(46)32-18-14-15-19-43(32)6)39(48)44(7)33(25(2)3)23-36(50-8)38-42-31(24-52-38)37(47)41-27(5)34(45)21-29(40(49)51-9)20-28-16-12-11-13-17-28/h11-13,16-17,24-27,29-30,32-33,36H,10,14-15,18-23H2,1-9H3,(H,41,47)/t26-,27-,29+,30-,32+,33+,36+/m0/s1. The van der Waals surface area contributed by atoms with Gasteiger partial charge in [0.05, 0.1) is 25.1 Å². The highest BCUT2D eigenvalue weighted by molar-refractivity contribution is 7.09. The van der Waals surface area contributed by atoms with Crippen molar-refractivity contribution in [2.75, 3.05) is 34.9 Å². The van der Waals surface area contributed by atoms with Crippen LogP contribution in [-0.2, 0) is 35.1 Å². The van der Waals surface area contributed by atoms with E-state index in [1.54, 1.807) is 24.3 Å². The summed E-state index contributed by atoms with van der Waals surface area (Å²) in [6.07, 6.45) is 4.20. The normalized spacial score (nSPS) is 18.5. The number of thiazole rings is 1. The fraction of sp³-hybridized carbons (Fsp3) is 0.650. The van der Waals surface area contributed by atoms with Crippen LogP contribution in [0.25, 0.3) is 0 Å². The number of aromatic nitrogens is 1. The lowest BCUT2D eigenvalue weighted by molar-refractivity contribution is -0.147. The third-order valence-electron chi connectivity index (χ3n) is 10.7. The highest BCUT2D eigenvalue weighted by Crippen LogP contribution is 2.32. The van der Waals surface area contributed by atoms with E-state index in [0.29, 0.717) is 17.8 Å². The Balaban J connectivity index is 1.68. The minimum atomic E-state index is -0.854. The second-order valence-corrected chi connectivity index (χ2v) is 15.6. The van der Waals surface area contributed by atoms with Crippen molar-refractivity contribution < 1.29 is 33.4 Å². The minimum absolute atomic E-state index is 0.0363. The molecule has 2 heterocycles. The lowest BCUT2D eigenvalue weighted by Crippen LogP contribution is -2.48. The van der Waals surface area contributed by atoms with E-state index in [1.165, 1.54) is 18.4 Å². The number of methoxy groups -OCH3 is 2. The van der Waals surface area contributed by atoms with Gasteiger partial charge in [0.2, 0.25) is 5.91 Å². The van der Waals surface area contributed by atoms with E-state index in [-0.39, 0.29) is 59.9 Å². The molecule has 0 saturated carbocycles. The van der Waals surface area contributed by atoms with Crippen LogP contribution < -0.4 is 5.32 Å². The second kappa shape index (κ2) is 20.7. The molecule has 2 amide bonds. The maximum absolute atomic E-state index is 14.2. The van der Waals surface area contributed by atoms with Gasteiger partial charge in [-0.1, -0.05) is 70.9 Å². The molecular weight excluding hydrogens is 681 g/mol. The van der Waals surface area contributed by atoms with Crippen molar-refractivity contribution in [3.8, 4) is 0 Å². The number of piperidine rings is 1. The fourth-order valence-corrected chi connectivity index (χ4v) is 7.97. The number of likely N-dealkylation sites (N-methyl/N-ethyl adjacent to an activating group) is 1. The van der Waals surface area contributed by atoms with Crippen molar-refractivity contribution in [2.45, 2.75) is 110 Å². The zero-order chi connectivity index (χ0) is 38.5. The lowest BCUT2D eigenvalue weighted by Gasteiger charge is -2.37. The van der Waals surface area contributed by atoms with Gasteiger partial charge in [0.1, 0.15) is 16.8 Å². The van der Waals surface area contributed by atoms with E-state index < -0.39 is 35.9 Å². The molecule has 0 unspecified atom stereocenters. The smallest absolute Gasteiger partial charge is 0.309 e. The van der Waals surface area contributed by atoms with Crippen LogP contribution in [0.15, 0.2) is 35.7 Å². The topological polar surface area (TPSA) is 135 Å². The third kappa shape index (κ3) is 11.8. The van der Waals surface area contributed by atoms with E-state index in [2.05, 4.69) is 42.9 Å². The van der Waals surface area contributed by atoms with E-state index in [9.17, 15) is 24.0 Å². The molecular formula is C40H60N4O7S.